The van der Waals surface area contributed by atoms with E-state index in [9.17, 15) is 13.2 Å². The Hall–Kier alpha value is -2.22. The van der Waals surface area contributed by atoms with Gasteiger partial charge in [0.15, 0.2) is 5.78 Å². The Kier molecular flexibility index (Phi) is 5.39. The Morgan fingerprint density at radius 2 is 1.85 bits per heavy atom. The van der Waals surface area contributed by atoms with Crippen molar-refractivity contribution < 1.29 is 13.2 Å². The van der Waals surface area contributed by atoms with Gasteiger partial charge < -0.3 is 0 Å². The first-order chi connectivity index (χ1) is 9.47. The number of hydrogen-bond donors (Lipinski definition) is 0. The highest BCUT2D eigenvalue weighted by molar-refractivity contribution is 7.89. The molecule has 0 aliphatic rings. The first-order valence-corrected chi connectivity index (χ1v) is 7.28. The van der Waals surface area contributed by atoms with E-state index >= 15 is 0 Å². The summed E-state index contributed by atoms with van der Waals surface area (Å²) in [4.78, 5) is 11.5. The third kappa shape index (κ3) is 3.41. The van der Waals surface area contributed by atoms with Crippen LogP contribution in [0.5, 0.6) is 0 Å². The minimum absolute atomic E-state index is 0.0951. The van der Waals surface area contributed by atoms with Crippen LogP contribution < -0.4 is 0 Å². The molecule has 0 aliphatic carbocycles. The van der Waals surface area contributed by atoms with Crippen LogP contribution in [0.2, 0.25) is 0 Å². The second-order valence-corrected chi connectivity index (χ2v) is 5.83. The van der Waals surface area contributed by atoms with Crippen molar-refractivity contribution in [3.8, 4) is 12.1 Å². The first kappa shape index (κ1) is 15.8. The fraction of sp³-hybridized carbons (Fsp3) is 0.308. The van der Waals surface area contributed by atoms with Crippen molar-refractivity contribution in [1.82, 2.24) is 4.31 Å². The Balaban J connectivity index is 3.25. The van der Waals surface area contributed by atoms with Crippen LogP contribution in [0.25, 0.3) is 0 Å². The van der Waals surface area contributed by atoms with Crippen LogP contribution >= 0.6 is 0 Å². The first-order valence-electron chi connectivity index (χ1n) is 5.84. The number of ketones is 1. The van der Waals surface area contributed by atoms with Crippen molar-refractivity contribution in [2.75, 3.05) is 13.1 Å². The van der Waals surface area contributed by atoms with E-state index in [1.54, 1.807) is 19.1 Å². The van der Waals surface area contributed by atoms with E-state index in [0.29, 0.717) is 5.56 Å². The largest absolute Gasteiger partial charge is 0.294 e. The van der Waals surface area contributed by atoms with Crippen molar-refractivity contribution in [2.24, 2.45) is 0 Å². The number of hydrogen-bond acceptors (Lipinski definition) is 5. The average molecular weight is 291 g/mol. The average Bonchev–Trinajstić information content (AvgIpc) is 2.46. The molecule has 0 saturated heterocycles. The lowest BCUT2D eigenvalue weighted by Crippen LogP contribution is -2.32. The van der Waals surface area contributed by atoms with Crippen LogP contribution in [0.4, 0.5) is 0 Å². The zero-order valence-corrected chi connectivity index (χ0v) is 11.7. The number of nitriles is 2. The lowest BCUT2D eigenvalue weighted by Gasteiger charge is -2.16. The summed E-state index contributed by atoms with van der Waals surface area (Å²) in [5, 5.41) is 17.3. The minimum atomic E-state index is -3.95. The molecule has 0 heterocycles. The van der Waals surface area contributed by atoms with Gasteiger partial charge in [0.25, 0.3) is 0 Å². The third-order valence-corrected chi connectivity index (χ3v) is 4.40. The molecule has 0 N–H and O–H groups in total. The van der Waals surface area contributed by atoms with Gasteiger partial charge in [-0.1, -0.05) is 19.1 Å². The highest BCUT2D eigenvalue weighted by Gasteiger charge is 2.24. The predicted octanol–water partition coefficient (Wildman–Crippen LogP) is 1.32. The van der Waals surface area contributed by atoms with E-state index in [2.05, 4.69) is 0 Å². The quantitative estimate of drug-likeness (QED) is 0.581. The molecular weight excluding hydrogens is 278 g/mol. The van der Waals surface area contributed by atoms with Gasteiger partial charge in [-0.3, -0.25) is 4.79 Å². The molecule has 0 atom stereocenters. The molecular formula is C13H13N3O3S. The van der Waals surface area contributed by atoms with E-state index < -0.39 is 23.1 Å². The standard InChI is InChI=1S/C13H13N3O3S/c1-2-13(17)11-4-3-5-12(10-11)20(18,19)16(8-6-14)9-7-15/h3-5,10H,2,8-9H2,1H3. The van der Waals surface area contributed by atoms with Gasteiger partial charge in [-0.2, -0.15) is 14.8 Å². The van der Waals surface area contributed by atoms with Gasteiger partial charge in [-0.05, 0) is 12.1 Å². The summed E-state index contributed by atoms with van der Waals surface area (Å²) in [5.41, 5.74) is 0.294. The summed E-state index contributed by atoms with van der Waals surface area (Å²) in [6.07, 6.45) is 0.267. The Morgan fingerprint density at radius 3 is 2.35 bits per heavy atom. The molecule has 1 rings (SSSR count). The fourth-order valence-electron chi connectivity index (χ4n) is 1.57. The van der Waals surface area contributed by atoms with E-state index in [4.69, 9.17) is 10.5 Å². The maximum atomic E-state index is 12.3. The molecule has 0 fully saturated rings. The lowest BCUT2D eigenvalue weighted by atomic mass is 10.1. The second kappa shape index (κ2) is 6.80. The van der Waals surface area contributed by atoms with Crippen LogP contribution in [0.1, 0.15) is 23.7 Å². The molecule has 0 amide bonds. The van der Waals surface area contributed by atoms with Gasteiger partial charge in [0.05, 0.1) is 17.0 Å². The topological polar surface area (TPSA) is 102 Å². The van der Waals surface area contributed by atoms with E-state index in [0.717, 1.165) is 4.31 Å². The summed E-state index contributed by atoms with van der Waals surface area (Å²) >= 11 is 0. The molecule has 0 aliphatic heterocycles. The SMILES string of the molecule is CCC(=O)c1cccc(S(=O)(=O)N(CC#N)CC#N)c1. The molecule has 1 aromatic carbocycles. The van der Waals surface area contributed by atoms with Gasteiger partial charge >= 0.3 is 0 Å². The zero-order chi connectivity index (χ0) is 15.2. The number of sulfonamides is 1. The van der Waals surface area contributed by atoms with E-state index in [1.807, 2.05) is 0 Å². The molecule has 0 saturated carbocycles. The fourth-order valence-corrected chi connectivity index (χ4v) is 2.85. The maximum Gasteiger partial charge on any atom is 0.244 e. The van der Waals surface area contributed by atoms with Crippen molar-refractivity contribution in [3.05, 3.63) is 29.8 Å². The van der Waals surface area contributed by atoms with Crippen LogP contribution in [-0.2, 0) is 10.0 Å². The molecule has 104 valence electrons. The summed E-state index contributed by atoms with van der Waals surface area (Å²) < 4.78 is 25.3. The molecule has 0 unspecified atom stereocenters. The molecule has 0 spiro atoms. The molecule has 7 heteroatoms. The highest BCUT2D eigenvalue weighted by Crippen LogP contribution is 2.17. The zero-order valence-electron chi connectivity index (χ0n) is 10.9. The van der Waals surface area contributed by atoms with Gasteiger partial charge in [-0.15, -0.1) is 0 Å². The monoisotopic (exact) mass is 291 g/mol. The number of nitrogens with zero attached hydrogens (tertiary/aromatic N) is 3. The lowest BCUT2D eigenvalue weighted by molar-refractivity contribution is 0.0988. The van der Waals surface area contributed by atoms with Crippen LogP contribution in [0.3, 0.4) is 0 Å². The summed E-state index contributed by atoms with van der Waals surface area (Å²) in [7, 11) is -3.95. The van der Waals surface area contributed by atoms with Crippen LogP contribution in [0.15, 0.2) is 29.2 Å². The number of Topliss-reactive ketones (excluding diaryl/α,β-unsaturated/α-hetero) is 1. The molecule has 20 heavy (non-hydrogen) atoms. The highest BCUT2D eigenvalue weighted by atomic mass is 32.2. The van der Waals surface area contributed by atoms with Gasteiger partial charge in [-0.25, -0.2) is 8.42 Å². The molecule has 1 aromatic rings. The summed E-state index contributed by atoms with van der Waals surface area (Å²) in [6.45, 7) is 0.852. The van der Waals surface area contributed by atoms with Crippen LogP contribution in [0, 0.1) is 22.7 Å². The predicted molar refractivity (Wildman–Crippen MR) is 71.0 cm³/mol. The van der Waals surface area contributed by atoms with Crippen LogP contribution in [-0.4, -0.2) is 31.6 Å². The van der Waals surface area contributed by atoms with Crippen molar-refractivity contribution >= 4 is 15.8 Å². The number of carbonyl (C=O) groups is 1. The Morgan fingerprint density at radius 1 is 1.25 bits per heavy atom. The molecule has 0 bridgehead atoms. The third-order valence-electron chi connectivity index (χ3n) is 2.61. The number of benzene rings is 1. The summed E-state index contributed by atoms with van der Waals surface area (Å²) in [5.74, 6) is -0.172. The van der Waals surface area contributed by atoms with E-state index in [1.165, 1.54) is 24.3 Å². The number of carbonyl (C=O) groups excluding carboxylic acids is 1. The van der Waals surface area contributed by atoms with Gasteiger partial charge in [0.2, 0.25) is 10.0 Å². The smallest absolute Gasteiger partial charge is 0.244 e. The Bertz CT molecular complexity index is 668. The molecule has 0 aromatic heterocycles. The molecule has 0 radical (unpaired) electrons. The maximum absolute atomic E-state index is 12.3. The van der Waals surface area contributed by atoms with Crippen molar-refractivity contribution in [2.45, 2.75) is 18.2 Å². The van der Waals surface area contributed by atoms with Gasteiger partial charge in [0.1, 0.15) is 13.1 Å². The van der Waals surface area contributed by atoms with E-state index in [-0.39, 0.29) is 17.1 Å². The minimum Gasteiger partial charge on any atom is -0.294 e. The normalized spacial score (nSPS) is 10.8. The van der Waals surface area contributed by atoms with Crippen molar-refractivity contribution in [3.63, 3.8) is 0 Å². The molecule has 6 nitrogen and oxygen atoms in total. The Labute approximate surface area is 117 Å². The summed E-state index contributed by atoms with van der Waals surface area (Å²) in [6, 6.07) is 9.01. The van der Waals surface area contributed by atoms with Gasteiger partial charge in [0, 0.05) is 12.0 Å². The second-order valence-electron chi connectivity index (χ2n) is 3.89. The number of rotatable bonds is 6. The van der Waals surface area contributed by atoms with Crippen molar-refractivity contribution in [1.29, 1.82) is 10.5 Å².